The molecular formula is C13H16Cl2O2. The van der Waals surface area contributed by atoms with E-state index in [4.69, 9.17) is 32.7 Å². The highest BCUT2D eigenvalue weighted by Crippen LogP contribution is 2.32. The minimum atomic E-state index is 0.0361. The Kier molecular flexibility index (Phi) is 4.69. The van der Waals surface area contributed by atoms with E-state index in [9.17, 15) is 0 Å². The molecule has 0 saturated heterocycles. The first-order chi connectivity index (χ1) is 8.20. The van der Waals surface area contributed by atoms with Crippen molar-refractivity contribution in [2.75, 3.05) is 6.61 Å². The predicted octanol–water partition coefficient (Wildman–Crippen LogP) is 3.64. The molecule has 0 spiro atoms. The van der Waals surface area contributed by atoms with Crippen LogP contribution < -0.4 is 0 Å². The lowest BCUT2D eigenvalue weighted by Crippen LogP contribution is -2.50. The standard InChI is InChI=1S/C13H16Cl2O2/c1-2-16-13-11(15)7-12(13)17-8-9-3-5-10(14)6-4-9/h3-6,11-13H,2,7-8H2,1H3. The Hall–Kier alpha value is -0.280. The van der Waals surface area contributed by atoms with E-state index in [-0.39, 0.29) is 17.6 Å². The zero-order chi connectivity index (χ0) is 12.3. The summed E-state index contributed by atoms with van der Waals surface area (Å²) in [7, 11) is 0. The third-order valence-corrected chi connectivity index (χ3v) is 3.60. The molecule has 1 saturated carbocycles. The lowest BCUT2D eigenvalue weighted by Gasteiger charge is -2.40. The van der Waals surface area contributed by atoms with E-state index in [1.165, 1.54) is 0 Å². The summed E-state index contributed by atoms with van der Waals surface area (Å²) in [5, 5.41) is 0.829. The number of ether oxygens (including phenoxy) is 2. The number of hydrogen-bond acceptors (Lipinski definition) is 2. The van der Waals surface area contributed by atoms with Gasteiger partial charge in [0, 0.05) is 11.6 Å². The minimum absolute atomic E-state index is 0.0361. The van der Waals surface area contributed by atoms with Crippen LogP contribution in [0.15, 0.2) is 24.3 Å². The van der Waals surface area contributed by atoms with Crippen LogP contribution in [0.1, 0.15) is 18.9 Å². The van der Waals surface area contributed by atoms with Crippen LogP contribution in [-0.2, 0) is 16.1 Å². The first-order valence-electron chi connectivity index (χ1n) is 5.82. The average Bonchev–Trinajstić information content (AvgIpc) is 2.33. The summed E-state index contributed by atoms with van der Waals surface area (Å²) in [5.41, 5.74) is 1.11. The van der Waals surface area contributed by atoms with Crippen LogP contribution in [0.2, 0.25) is 5.02 Å². The van der Waals surface area contributed by atoms with E-state index in [0.29, 0.717) is 13.2 Å². The van der Waals surface area contributed by atoms with Crippen molar-refractivity contribution in [3.8, 4) is 0 Å². The van der Waals surface area contributed by atoms with E-state index in [0.717, 1.165) is 17.0 Å². The van der Waals surface area contributed by atoms with Gasteiger partial charge >= 0.3 is 0 Å². The summed E-state index contributed by atoms with van der Waals surface area (Å²) < 4.78 is 11.3. The van der Waals surface area contributed by atoms with Gasteiger partial charge in [-0.15, -0.1) is 11.6 Å². The molecule has 3 unspecified atom stereocenters. The van der Waals surface area contributed by atoms with Gasteiger partial charge in [-0.2, -0.15) is 0 Å². The van der Waals surface area contributed by atoms with E-state index in [1.807, 2.05) is 31.2 Å². The molecule has 2 rings (SSSR count). The van der Waals surface area contributed by atoms with Crippen LogP contribution in [0, 0.1) is 0 Å². The lowest BCUT2D eigenvalue weighted by molar-refractivity contribution is -0.127. The fourth-order valence-electron chi connectivity index (χ4n) is 1.88. The summed E-state index contributed by atoms with van der Waals surface area (Å²) in [4.78, 5) is 0. The van der Waals surface area contributed by atoms with Gasteiger partial charge in [0.05, 0.1) is 18.1 Å². The number of benzene rings is 1. The monoisotopic (exact) mass is 274 g/mol. The Morgan fingerprint density at radius 1 is 1.24 bits per heavy atom. The highest BCUT2D eigenvalue weighted by molar-refractivity contribution is 6.30. The second-order valence-electron chi connectivity index (χ2n) is 4.15. The Labute approximate surface area is 112 Å². The van der Waals surface area contributed by atoms with E-state index < -0.39 is 0 Å². The smallest absolute Gasteiger partial charge is 0.100 e. The SMILES string of the molecule is CCOC1C(Cl)CC1OCc1ccc(Cl)cc1. The Balaban J connectivity index is 1.80. The molecule has 2 nitrogen and oxygen atoms in total. The van der Waals surface area contributed by atoms with Crippen molar-refractivity contribution in [2.24, 2.45) is 0 Å². The summed E-state index contributed by atoms with van der Waals surface area (Å²) in [6.45, 7) is 3.22. The fourth-order valence-corrected chi connectivity index (χ4v) is 2.41. The first kappa shape index (κ1) is 13.2. The minimum Gasteiger partial charge on any atom is -0.374 e. The number of rotatable bonds is 5. The molecule has 4 heteroatoms. The maximum absolute atomic E-state index is 6.07. The molecule has 0 aromatic heterocycles. The van der Waals surface area contributed by atoms with Crippen LogP contribution in [0.25, 0.3) is 0 Å². The molecule has 1 aromatic carbocycles. The second kappa shape index (κ2) is 6.05. The van der Waals surface area contributed by atoms with Crippen LogP contribution in [0.3, 0.4) is 0 Å². The zero-order valence-corrected chi connectivity index (χ0v) is 11.2. The first-order valence-corrected chi connectivity index (χ1v) is 6.64. The van der Waals surface area contributed by atoms with Crippen LogP contribution in [0.5, 0.6) is 0 Å². The van der Waals surface area contributed by atoms with E-state index in [1.54, 1.807) is 0 Å². The normalized spacial score (nSPS) is 27.8. The van der Waals surface area contributed by atoms with Gasteiger partial charge in [-0.1, -0.05) is 23.7 Å². The maximum Gasteiger partial charge on any atom is 0.100 e. The van der Waals surface area contributed by atoms with Gasteiger partial charge < -0.3 is 9.47 Å². The van der Waals surface area contributed by atoms with Gasteiger partial charge in [-0.05, 0) is 31.0 Å². The molecule has 0 N–H and O–H groups in total. The van der Waals surface area contributed by atoms with Gasteiger partial charge in [0.2, 0.25) is 0 Å². The summed E-state index contributed by atoms with van der Waals surface area (Å²) in [5.74, 6) is 0. The van der Waals surface area contributed by atoms with Crippen LogP contribution in [-0.4, -0.2) is 24.2 Å². The maximum atomic E-state index is 6.07. The van der Waals surface area contributed by atoms with Gasteiger partial charge in [0.25, 0.3) is 0 Å². The predicted molar refractivity (Wildman–Crippen MR) is 69.7 cm³/mol. The molecule has 1 aromatic rings. The molecule has 0 heterocycles. The average molecular weight is 275 g/mol. The summed E-state index contributed by atoms with van der Waals surface area (Å²) >= 11 is 11.9. The third-order valence-electron chi connectivity index (χ3n) is 2.92. The Morgan fingerprint density at radius 3 is 2.53 bits per heavy atom. The van der Waals surface area contributed by atoms with Crippen LogP contribution >= 0.6 is 23.2 Å². The molecule has 0 amide bonds. The van der Waals surface area contributed by atoms with Crippen molar-refractivity contribution in [3.63, 3.8) is 0 Å². The zero-order valence-electron chi connectivity index (χ0n) is 9.74. The van der Waals surface area contributed by atoms with Gasteiger partial charge in [0.1, 0.15) is 6.10 Å². The van der Waals surface area contributed by atoms with Crippen molar-refractivity contribution >= 4 is 23.2 Å². The fraction of sp³-hybridized carbons (Fsp3) is 0.538. The van der Waals surface area contributed by atoms with Gasteiger partial charge in [-0.3, -0.25) is 0 Å². The van der Waals surface area contributed by atoms with E-state index in [2.05, 4.69) is 0 Å². The largest absolute Gasteiger partial charge is 0.374 e. The van der Waals surface area contributed by atoms with Crippen molar-refractivity contribution in [2.45, 2.75) is 37.5 Å². The molecule has 0 aliphatic heterocycles. The number of hydrogen-bond donors (Lipinski definition) is 0. The Bertz CT molecular complexity index is 353. The molecule has 3 atom stereocenters. The molecule has 0 bridgehead atoms. The van der Waals surface area contributed by atoms with Crippen molar-refractivity contribution in [1.82, 2.24) is 0 Å². The van der Waals surface area contributed by atoms with Crippen molar-refractivity contribution in [1.29, 1.82) is 0 Å². The Morgan fingerprint density at radius 2 is 1.94 bits per heavy atom. The molecule has 94 valence electrons. The van der Waals surface area contributed by atoms with Gasteiger partial charge in [0.15, 0.2) is 0 Å². The topological polar surface area (TPSA) is 18.5 Å². The lowest BCUT2D eigenvalue weighted by atomic mass is 9.91. The second-order valence-corrected chi connectivity index (χ2v) is 5.14. The molecule has 17 heavy (non-hydrogen) atoms. The quantitative estimate of drug-likeness (QED) is 0.764. The highest BCUT2D eigenvalue weighted by atomic mass is 35.5. The van der Waals surface area contributed by atoms with Gasteiger partial charge in [-0.25, -0.2) is 0 Å². The van der Waals surface area contributed by atoms with Crippen molar-refractivity contribution in [3.05, 3.63) is 34.9 Å². The van der Waals surface area contributed by atoms with E-state index >= 15 is 0 Å². The molecule has 1 aliphatic carbocycles. The molecule has 0 radical (unpaired) electrons. The molecular weight excluding hydrogens is 259 g/mol. The summed E-state index contributed by atoms with van der Waals surface area (Å²) in [6.07, 6.45) is 1.02. The molecule has 1 fully saturated rings. The van der Waals surface area contributed by atoms with Crippen LogP contribution in [0.4, 0.5) is 0 Å². The van der Waals surface area contributed by atoms with Crippen molar-refractivity contribution < 1.29 is 9.47 Å². The highest BCUT2D eigenvalue weighted by Gasteiger charge is 2.41. The number of halogens is 2. The summed E-state index contributed by atoms with van der Waals surface area (Å²) in [6, 6.07) is 7.67. The molecule has 1 aliphatic rings. The third kappa shape index (κ3) is 3.35. The number of alkyl halides is 1.